The largest absolute Gasteiger partial charge is 0.497 e. The van der Waals surface area contributed by atoms with Crippen LogP contribution in [0.5, 0.6) is 5.75 Å². The lowest BCUT2D eigenvalue weighted by atomic mass is 10.00. The molecule has 4 aromatic carbocycles. The van der Waals surface area contributed by atoms with E-state index in [0.717, 1.165) is 44.0 Å². The predicted octanol–water partition coefficient (Wildman–Crippen LogP) is 5.44. The maximum atomic E-state index is 13.3. The van der Waals surface area contributed by atoms with Crippen LogP contribution in [0.2, 0.25) is 18.1 Å². The van der Waals surface area contributed by atoms with Crippen molar-refractivity contribution in [1.82, 2.24) is 20.1 Å². The summed E-state index contributed by atoms with van der Waals surface area (Å²) < 4.78 is 7.52. The van der Waals surface area contributed by atoms with Gasteiger partial charge in [-0.15, -0.1) is 10.2 Å². The zero-order valence-electron chi connectivity index (χ0n) is 25.1. The molecule has 0 fully saturated rings. The molecule has 0 saturated heterocycles. The number of ether oxygens (including phenoxy) is 1. The van der Waals surface area contributed by atoms with E-state index in [-0.39, 0.29) is 12.3 Å². The summed E-state index contributed by atoms with van der Waals surface area (Å²) in [4.78, 5) is 29.0. The second-order valence-electron chi connectivity index (χ2n) is 11.6. The molecular formula is C34H34ClN5O3Si. The Bertz CT molecular complexity index is 1900. The zero-order valence-corrected chi connectivity index (χ0v) is 26.9. The first-order valence-corrected chi connectivity index (χ1v) is 17.9. The van der Waals surface area contributed by atoms with Gasteiger partial charge in [0.05, 0.1) is 24.9 Å². The second-order valence-corrected chi connectivity index (χ2v) is 15.7. The minimum absolute atomic E-state index is 0.113. The molecule has 6 rings (SSSR count). The van der Waals surface area contributed by atoms with Gasteiger partial charge >= 0.3 is 0 Å². The number of carbonyl (C=O) groups is 1. The number of halogens is 1. The van der Waals surface area contributed by atoms with Crippen molar-refractivity contribution in [1.29, 1.82) is 0 Å². The van der Waals surface area contributed by atoms with Gasteiger partial charge in [0.15, 0.2) is 5.82 Å². The molecule has 0 radical (unpaired) electrons. The van der Waals surface area contributed by atoms with Crippen LogP contribution in [0.25, 0.3) is 16.5 Å². The molecule has 224 valence electrons. The highest BCUT2D eigenvalue weighted by Gasteiger charge is 2.30. The molecule has 0 unspecified atom stereocenters. The smallest absolute Gasteiger partial charge is 0.222 e. The minimum Gasteiger partial charge on any atom is -0.497 e. The molecular weight excluding hydrogens is 590 g/mol. The van der Waals surface area contributed by atoms with Crippen molar-refractivity contribution in [3.63, 3.8) is 0 Å². The van der Waals surface area contributed by atoms with Gasteiger partial charge in [0.1, 0.15) is 17.6 Å². The van der Waals surface area contributed by atoms with Crippen molar-refractivity contribution in [2.24, 2.45) is 4.99 Å². The summed E-state index contributed by atoms with van der Waals surface area (Å²) in [7, 11) is -0.735. The Kier molecular flexibility index (Phi) is 8.11. The van der Waals surface area contributed by atoms with Gasteiger partial charge in [-0.05, 0) is 78.3 Å². The van der Waals surface area contributed by atoms with Gasteiger partial charge in [0.25, 0.3) is 0 Å². The fourth-order valence-corrected chi connectivity index (χ4v) is 6.73. The number of fused-ring (bicyclic) bond motifs is 4. The topological polar surface area (TPSA) is 102 Å². The number of aryl methyl sites for hydroxylation is 1. The Hall–Kier alpha value is -4.31. The monoisotopic (exact) mass is 623 g/mol. The molecule has 44 heavy (non-hydrogen) atoms. The van der Waals surface area contributed by atoms with E-state index < -0.39 is 14.4 Å². The van der Waals surface area contributed by atoms with Gasteiger partial charge in [-0.25, -0.2) is 0 Å². The number of methoxy groups -OCH3 is 1. The second kappa shape index (κ2) is 12.0. The number of benzene rings is 4. The van der Waals surface area contributed by atoms with E-state index in [9.17, 15) is 9.59 Å². The molecule has 10 heteroatoms. The van der Waals surface area contributed by atoms with Crippen LogP contribution in [-0.4, -0.2) is 53.2 Å². The first-order chi connectivity index (χ1) is 21.1. The fraction of sp³-hybridized carbons (Fsp3) is 0.235. The Balaban J connectivity index is 1.24. The summed E-state index contributed by atoms with van der Waals surface area (Å²) >= 11 is 6.21. The Morgan fingerprint density at radius 3 is 2.50 bits per heavy atom. The van der Waals surface area contributed by atoms with Crippen molar-refractivity contribution < 1.29 is 14.3 Å². The molecule has 0 saturated carbocycles. The third-order valence-electron chi connectivity index (χ3n) is 7.98. The molecule has 0 aliphatic carbocycles. The van der Waals surface area contributed by atoms with E-state index in [4.69, 9.17) is 21.3 Å². The molecule has 0 bridgehead atoms. The van der Waals surface area contributed by atoms with Crippen LogP contribution in [0, 0.1) is 6.92 Å². The van der Waals surface area contributed by atoms with Gasteiger partial charge in [0, 0.05) is 22.7 Å². The van der Waals surface area contributed by atoms with Crippen molar-refractivity contribution in [2.45, 2.75) is 38.9 Å². The Labute approximate surface area is 262 Å². The molecule has 2 heterocycles. The van der Waals surface area contributed by atoms with Crippen LogP contribution < -0.4 is 15.2 Å². The molecule has 1 aliphatic rings. The average molecular weight is 624 g/mol. The van der Waals surface area contributed by atoms with E-state index in [0.29, 0.717) is 35.4 Å². The van der Waals surface area contributed by atoms with Gasteiger partial charge in [-0.3, -0.25) is 14.4 Å². The summed E-state index contributed by atoms with van der Waals surface area (Å²) in [6, 6.07) is 25.2. The van der Waals surface area contributed by atoms with E-state index in [2.05, 4.69) is 45.8 Å². The molecule has 1 aromatic heterocycles. The minimum atomic E-state index is -2.37. The van der Waals surface area contributed by atoms with E-state index >= 15 is 0 Å². The fourth-order valence-electron chi connectivity index (χ4n) is 5.60. The van der Waals surface area contributed by atoms with Crippen LogP contribution in [0.1, 0.15) is 40.8 Å². The lowest BCUT2D eigenvalue weighted by Gasteiger charge is -2.15. The van der Waals surface area contributed by atoms with Crippen molar-refractivity contribution in [3.05, 3.63) is 112 Å². The van der Waals surface area contributed by atoms with Gasteiger partial charge in [-0.1, -0.05) is 60.1 Å². The molecule has 8 nitrogen and oxygen atoms in total. The van der Waals surface area contributed by atoms with Crippen molar-refractivity contribution in [2.75, 3.05) is 13.7 Å². The number of aromatic nitrogens is 3. The maximum Gasteiger partial charge on any atom is 0.222 e. The summed E-state index contributed by atoms with van der Waals surface area (Å²) in [5.74, 6) is 1.89. The number of nitrogens with one attached hydrogen (secondary N) is 1. The quantitative estimate of drug-likeness (QED) is 0.224. The van der Waals surface area contributed by atoms with Crippen LogP contribution in [-0.2, 0) is 11.2 Å². The van der Waals surface area contributed by atoms with Crippen LogP contribution in [0.4, 0.5) is 0 Å². The third kappa shape index (κ3) is 6.03. The summed E-state index contributed by atoms with van der Waals surface area (Å²) in [5, 5.41) is 15.8. The van der Waals surface area contributed by atoms with Crippen LogP contribution >= 0.6 is 11.6 Å². The molecule has 0 spiro atoms. The van der Waals surface area contributed by atoms with Gasteiger partial charge in [-0.2, -0.15) is 0 Å². The van der Waals surface area contributed by atoms with E-state index in [1.54, 1.807) is 7.11 Å². The molecule has 2 N–H and O–H groups in total. The normalized spacial score (nSPS) is 14.4. The van der Waals surface area contributed by atoms with E-state index in [1.807, 2.05) is 73.1 Å². The number of hydrogen-bond acceptors (Lipinski definition) is 6. The van der Waals surface area contributed by atoms with Crippen LogP contribution in [0.3, 0.4) is 0 Å². The average Bonchev–Trinajstić information content (AvgIpc) is 3.33. The zero-order chi connectivity index (χ0) is 31.0. The number of rotatable bonds is 8. The number of hydrogen-bond donors (Lipinski definition) is 2. The summed E-state index contributed by atoms with van der Waals surface area (Å²) in [6.07, 6.45) is 0.801. The standard InChI is InChI=1S/C34H34ClN5O3Si/c1-21-38-39-34-30(20-32(41)36-16-15-22-5-6-25-18-28(44(3,4)42)13-9-24(25)17-22)37-33(23-7-10-26(35)11-8-23)29-19-27(43-2)12-14-31(29)40(21)34/h5-14,17-19,30,42H,15-16,20H2,1-4H3,(H,36,41)/t30-/m0/s1. The molecule has 1 atom stereocenters. The lowest BCUT2D eigenvalue weighted by Crippen LogP contribution is -2.41. The molecule has 1 amide bonds. The highest BCUT2D eigenvalue weighted by atomic mass is 35.5. The Morgan fingerprint density at radius 1 is 1.00 bits per heavy atom. The highest BCUT2D eigenvalue weighted by Crippen LogP contribution is 2.34. The number of aliphatic imine (C=N–C) groups is 1. The Morgan fingerprint density at radius 2 is 1.75 bits per heavy atom. The van der Waals surface area contributed by atoms with Crippen molar-refractivity contribution in [3.8, 4) is 11.4 Å². The SMILES string of the molecule is COc1ccc2c(c1)C(c1ccc(Cl)cc1)=N[C@@H](CC(=O)NCCc1ccc3cc([Si](C)(C)O)ccc3c1)c1nnc(C)n1-2. The lowest BCUT2D eigenvalue weighted by molar-refractivity contribution is -0.121. The summed E-state index contributed by atoms with van der Waals surface area (Å²) in [5.41, 5.74) is 4.45. The number of nitrogens with zero attached hydrogens (tertiary/aromatic N) is 4. The maximum absolute atomic E-state index is 13.3. The van der Waals surface area contributed by atoms with E-state index in [1.165, 1.54) is 0 Å². The first-order valence-electron chi connectivity index (χ1n) is 14.6. The summed E-state index contributed by atoms with van der Waals surface area (Å²) in [6.45, 7) is 6.23. The van der Waals surface area contributed by atoms with Gasteiger partial charge in [0.2, 0.25) is 14.2 Å². The van der Waals surface area contributed by atoms with Crippen molar-refractivity contribution >= 4 is 47.5 Å². The molecule has 1 aliphatic heterocycles. The number of amides is 1. The van der Waals surface area contributed by atoms with Crippen LogP contribution in [0.15, 0.2) is 83.9 Å². The first kappa shape index (κ1) is 29.7. The molecule has 5 aromatic rings. The predicted molar refractivity (Wildman–Crippen MR) is 177 cm³/mol. The third-order valence-corrected chi connectivity index (χ3v) is 9.95. The van der Waals surface area contributed by atoms with Gasteiger partial charge < -0.3 is 14.8 Å². The number of carbonyl (C=O) groups excluding carboxylic acids is 1. The highest BCUT2D eigenvalue weighted by molar-refractivity contribution is 6.83.